The van der Waals surface area contributed by atoms with Crippen LogP contribution in [0.5, 0.6) is 0 Å². The smallest absolute Gasteiger partial charge is 0.303 e. The largest absolute Gasteiger partial charge is 0.463 e. The summed E-state index contributed by atoms with van der Waals surface area (Å²) >= 11 is 0. The number of hydrogen-bond donors (Lipinski definition) is 1. The first kappa shape index (κ1) is 43.7. The SMILES string of the molecule is CC(=O)OC[C@H]1O[C@@H](OC[C@H]2O[C@@H](OCc3ccccc3)[C@H](N3C(=O)c4ccccc4C3=O)[C@@H](OC(C)=O)[C@@H]2O)[C@H](N2C(=O)c3ccccc3C2=O)[C@@H](OC(C)=O)[C@@H]1OC(C)=O. The third-order valence-corrected chi connectivity index (χ3v) is 10.5. The summed E-state index contributed by atoms with van der Waals surface area (Å²) in [4.78, 5) is 107. The van der Waals surface area contributed by atoms with Gasteiger partial charge in [0.15, 0.2) is 30.9 Å². The second kappa shape index (κ2) is 18.3. The number of ether oxygens (including phenoxy) is 8. The number of carbonyl (C=O) groups is 8. The predicted octanol–water partition coefficient (Wildman–Crippen LogP) is 1.72. The molecular formula is C43H42N2O17. The van der Waals surface area contributed by atoms with Crippen molar-refractivity contribution in [1.82, 2.24) is 9.80 Å². The van der Waals surface area contributed by atoms with Gasteiger partial charge in [0, 0.05) is 27.7 Å². The number of benzene rings is 3. The van der Waals surface area contributed by atoms with E-state index in [0.29, 0.717) is 5.56 Å². The van der Waals surface area contributed by atoms with E-state index < -0.39 is 122 Å². The number of esters is 4. The second-order valence-electron chi connectivity index (χ2n) is 14.8. The van der Waals surface area contributed by atoms with E-state index in [1.165, 1.54) is 36.4 Å². The topological polar surface area (TPSA) is 237 Å². The van der Waals surface area contributed by atoms with E-state index in [2.05, 4.69) is 0 Å². The number of fused-ring (bicyclic) bond motifs is 2. The van der Waals surface area contributed by atoms with E-state index in [9.17, 15) is 43.5 Å². The first-order valence-electron chi connectivity index (χ1n) is 19.5. The first-order chi connectivity index (χ1) is 29.7. The standard InChI is InChI=1S/C43H42N2O17/c1-21(46)55-20-31-35(58-22(2)47)37(60-24(4)49)33(45-40(53)28-16-10-11-17-29(28)41(45)54)43(62-31)57-19-30-34(50)36(59-23(3)48)32(42(61-30)56-18-25-12-6-5-7-13-25)44-38(51)26-14-8-9-15-27(26)39(44)52/h5-17,30-37,42-43,50H,18-20H2,1-4H3/t30-,31-,32-,33-,34-,35-,36-,37-,42-,43-/m1/s1. The van der Waals surface area contributed by atoms with Crippen LogP contribution in [0.4, 0.5) is 0 Å². The van der Waals surface area contributed by atoms with Crippen molar-refractivity contribution in [2.24, 2.45) is 0 Å². The second-order valence-corrected chi connectivity index (χ2v) is 14.8. The van der Waals surface area contributed by atoms with Crippen LogP contribution < -0.4 is 0 Å². The fraction of sp³-hybridized carbons (Fsp3) is 0.395. The molecule has 0 saturated carbocycles. The molecule has 3 aromatic rings. The molecule has 0 aromatic heterocycles. The lowest BCUT2D eigenvalue weighted by molar-refractivity contribution is -0.315. The van der Waals surface area contributed by atoms with Crippen LogP contribution in [-0.4, -0.2) is 137 Å². The van der Waals surface area contributed by atoms with Gasteiger partial charge in [-0.05, 0) is 29.8 Å². The Morgan fingerprint density at radius 2 is 0.952 bits per heavy atom. The highest BCUT2D eigenvalue weighted by Gasteiger charge is 2.59. The maximum atomic E-state index is 14.0. The fourth-order valence-electron chi connectivity index (χ4n) is 7.97. The number of imide groups is 2. The first-order valence-corrected chi connectivity index (χ1v) is 19.5. The van der Waals surface area contributed by atoms with Gasteiger partial charge in [-0.2, -0.15) is 0 Å². The molecule has 10 atom stereocenters. The molecule has 326 valence electrons. The predicted molar refractivity (Wildman–Crippen MR) is 205 cm³/mol. The maximum Gasteiger partial charge on any atom is 0.303 e. The zero-order valence-corrected chi connectivity index (χ0v) is 33.8. The highest BCUT2D eigenvalue weighted by molar-refractivity contribution is 6.22. The lowest BCUT2D eigenvalue weighted by Crippen LogP contribution is -2.69. The fourth-order valence-corrected chi connectivity index (χ4v) is 7.97. The van der Waals surface area contributed by atoms with Crippen molar-refractivity contribution in [2.45, 2.75) is 95.6 Å². The summed E-state index contributed by atoms with van der Waals surface area (Å²) in [5, 5.41) is 12.0. The highest BCUT2D eigenvalue weighted by atomic mass is 16.7. The summed E-state index contributed by atoms with van der Waals surface area (Å²) < 4.78 is 47.1. The Hall–Kier alpha value is -6.38. The Labute approximate surface area is 353 Å². The molecule has 7 rings (SSSR count). The van der Waals surface area contributed by atoms with Gasteiger partial charge in [0.1, 0.15) is 37.0 Å². The number of amides is 4. The van der Waals surface area contributed by atoms with Gasteiger partial charge in [-0.3, -0.25) is 48.2 Å². The summed E-state index contributed by atoms with van der Waals surface area (Å²) in [6, 6.07) is 17.4. The third kappa shape index (κ3) is 8.70. The number of aliphatic hydroxyl groups is 1. The van der Waals surface area contributed by atoms with Crippen LogP contribution in [0.3, 0.4) is 0 Å². The number of aliphatic hydroxyl groups excluding tert-OH is 1. The van der Waals surface area contributed by atoms with E-state index in [1.54, 1.807) is 42.5 Å². The zero-order chi connectivity index (χ0) is 44.4. The number of hydrogen-bond acceptors (Lipinski definition) is 17. The number of rotatable bonds is 13. The van der Waals surface area contributed by atoms with Crippen LogP contribution in [0.15, 0.2) is 78.9 Å². The molecule has 0 spiro atoms. The molecule has 4 aliphatic heterocycles. The molecule has 4 aliphatic rings. The summed E-state index contributed by atoms with van der Waals surface area (Å²) in [5.41, 5.74) is 0.769. The molecule has 19 heteroatoms. The Kier molecular flexibility index (Phi) is 12.9. The molecule has 3 aromatic carbocycles. The Bertz CT molecular complexity index is 2200. The van der Waals surface area contributed by atoms with Crippen LogP contribution >= 0.6 is 0 Å². The van der Waals surface area contributed by atoms with Gasteiger partial charge >= 0.3 is 23.9 Å². The zero-order valence-electron chi connectivity index (χ0n) is 33.8. The average molecular weight is 859 g/mol. The van der Waals surface area contributed by atoms with Crippen molar-refractivity contribution in [3.63, 3.8) is 0 Å². The highest BCUT2D eigenvalue weighted by Crippen LogP contribution is 2.38. The van der Waals surface area contributed by atoms with Crippen LogP contribution in [0.25, 0.3) is 0 Å². The van der Waals surface area contributed by atoms with Crippen LogP contribution in [0.1, 0.15) is 74.7 Å². The molecule has 4 amide bonds. The molecule has 0 bridgehead atoms. The van der Waals surface area contributed by atoms with Gasteiger partial charge in [0.05, 0.1) is 35.5 Å². The van der Waals surface area contributed by atoms with Crippen LogP contribution in [0.2, 0.25) is 0 Å². The summed E-state index contributed by atoms with van der Waals surface area (Å²) in [7, 11) is 0. The molecule has 0 unspecified atom stereocenters. The van der Waals surface area contributed by atoms with Crippen molar-refractivity contribution in [2.75, 3.05) is 13.2 Å². The minimum absolute atomic E-state index is 0.00300. The van der Waals surface area contributed by atoms with Gasteiger partial charge in [-0.15, -0.1) is 0 Å². The minimum atomic E-state index is -1.86. The lowest BCUT2D eigenvalue weighted by atomic mass is 9.94. The number of nitrogens with zero attached hydrogens (tertiary/aromatic N) is 2. The van der Waals surface area contributed by atoms with Gasteiger partial charge in [0.2, 0.25) is 0 Å². The summed E-state index contributed by atoms with van der Waals surface area (Å²) in [5.74, 6) is -6.66. The third-order valence-electron chi connectivity index (χ3n) is 10.5. The van der Waals surface area contributed by atoms with Crippen molar-refractivity contribution < 1.29 is 81.4 Å². The molecule has 62 heavy (non-hydrogen) atoms. The van der Waals surface area contributed by atoms with Crippen LogP contribution in [-0.2, 0) is 63.7 Å². The van der Waals surface area contributed by atoms with Crippen molar-refractivity contribution in [1.29, 1.82) is 0 Å². The van der Waals surface area contributed by atoms with E-state index in [1.807, 2.05) is 0 Å². The molecular weight excluding hydrogens is 816 g/mol. The molecule has 2 fully saturated rings. The molecule has 4 heterocycles. The molecule has 2 saturated heterocycles. The minimum Gasteiger partial charge on any atom is -0.463 e. The van der Waals surface area contributed by atoms with Gasteiger partial charge in [-0.25, -0.2) is 0 Å². The Morgan fingerprint density at radius 1 is 0.532 bits per heavy atom. The summed E-state index contributed by atoms with van der Waals surface area (Å²) in [6.45, 7) is 2.82. The maximum absolute atomic E-state index is 14.0. The van der Waals surface area contributed by atoms with Gasteiger partial charge in [-0.1, -0.05) is 54.6 Å². The summed E-state index contributed by atoms with van der Waals surface area (Å²) in [6.07, 6.45) is -13.2. The Morgan fingerprint density at radius 3 is 1.44 bits per heavy atom. The molecule has 0 radical (unpaired) electrons. The monoisotopic (exact) mass is 858 g/mol. The molecule has 19 nitrogen and oxygen atoms in total. The van der Waals surface area contributed by atoms with Crippen molar-refractivity contribution in [3.05, 3.63) is 107 Å². The van der Waals surface area contributed by atoms with E-state index in [-0.39, 0.29) is 28.9 Å². The normalized spacial score (nSPS) is 28.0. The van der Waals surface area contributed by atoms with Crippen molar-refractivity contribution in [3.8, 4) is 0 Å². The quantitative estimate of drug-likeness (QED) is 0.146. The van der Waals surface area contributed by atoms with E-state index in [4.69, 9.17) is 37.9 Å². The van der Waals surface area contributed by atoms with E-state index >= 15 is 0 Å². The average Bonchev–Trinajstić information content (AvgIpc) is 3.64. The van der Waals surface area contributed by atoms with Gasteiger partial charge < -0.3 is 43.0 Å². The molecule has 0 aliphatic carbocycles. The molecule has 1 N–H and O–H groups in total. The Balaban J connectivity index is 1.26. The van der Waals surface area contributed by atoms with Crippen LogP contribution in [0, 0.1) is 0 Å². The van der Waals surface area contributed by atoms with Gasteiger partial charge in [0.25, 0.3) is 23.6 Å². The number of carbonyl (C=O) groups excluding carboxylic acids is 8. The lowest BCUT2D eigenvalue weighted by Gasteiger charge is -2.48. The van der Waals surface area contributed by atoms with Crippen molar-refractivity contribution >= 4 is 47.5 Å². The van der Waals surface area contributed by atoms with E-state index in [0.717, 1.165) is 37.5 Å².